The maximum atomic E-state index is 5.21. The number of hydrogen-bond acceptors (Lipinski definition) is 1. The minimum Gasteiger partial charge on any atom is -0.470 e. The lowest BCUT2D eigenvalue weighted by Crippen LogP contribution is -2.19. The molecule has 1 heterocycles. The van der Waals surface area contributed by atoms with E-state index >= 15 is 0 Å². The van der Waals surface area contributed by atoms with Crippen LogP contribution < -0.4 is 0 Å². The Balaban J connectivity index is 2.57. The lowest BCUT2D eigenvalue weighted by atomic mass is 10.5. The molecule has 0 radical (unpaired) electrons. The highest BCUT2D eigenvalue weighted by Crippen LogP contribution is 2.17. The third-order valence-corrected chi connectivity index (χ3v) is 3.21. The molecule has 0 aliphatic rings. The highest BCUT2D eigenvalue weighted by molar-refractivity contribution is 9.26. The van der Waals surface area contributed by atoms with Crippen LogP contribution >= 0.6 is 15.3 Å². The highest BCUT2D eigenvalue weighted by atomic mass is 79.9. The van der Waals surface area contributed by atoms with E-state index in [0.717, 1.165) is 11.8 Å². The maximum absolute atomic E-state index is 5.21. The molecule has 0 aliphatic heterocycles. The molecular weight excluding hydrogens is 208 g/mol. The zero-order valence-electron chi connectivity index (χ0n) is 6.23. The van der Waals surface area contributed by atoms with Gasteiger partial charge in [0.15, 0.2) is 0 Å². The van der Waals surface area contributed by atoms with Gasteiger partial charge in [0.2, 0.25) is 0 Å². The van der Waals surface area contributed by atoms with Gasteiger partial charge in [-0.3, -0.25) is 0 Å². The Hall–Kier alpha value is -0.0231. The lowest BCUT2D eigenvalue weighted by Gasteiger charge is -2.09. The normalized spacial score (nSPS) is 11.9. The van der Waals surface area contributed by atoms with Crippen molar-refractivity contribution in [3.8, 4) is 0 Å². The van der Waals surface area contributed by atoms with Crippen LogP contribution in [0.15, 0.2) is 22.8 Å². The van der Waals surface area contributed by atoms with Crippen molar-refractivity contribution in [2.75, 3.05) is 0 Å². The molecule has 1 aromatic rings. The average molecular weight is 219 g/mol. The average Bonchev–Trinajstić information content (AvgIpc) is 2.12. The highest BCUT2D eigenvalue weighted by Gasteiger charge is 2.17. The summed E-state index contributed by atoms with van der Waals surface area (Å²) in [5.41, 5.74) is 0. The summed E-state index contributed by atoms with van der Waals surface area (Å²) in [6.07, 6.45) is 1.72. The van der Waals surface area contributed by atoms with Gasteiger partial charge in [0, 0.05) is 6.04 Å². The smallest absolute Gasteiger partial charge is 0.131 e. The first-order valence-corrected chi connectivity index (χ1v) is 8.76. The van der Waals surface area contributed by atoms with E-state index in [9.17, 15) is 0 Å². The third kappa shape index (κ3) is 2.71. The molecule has 10 heavy (non-hydrogen) atoms. The van der Waals surface area contributed by atoms with Crippen molar-refractivity contribution in [2.45, 2.75) is 19.1 Å². The standard InChI is InChI=1S/C7H11BrOSi/c1-10(2,8)6-7-4-3-5-9-7/h3-5H,6H2,1-2H3. The van der Waals surface area contributed by atoms with E-state index in [1.807, 2.05) is 12.1 Å². The zero-order chi connectivity index (χ0) is 7.61. The summed E-state index contributed by atoms with van der Waals surface area (Å²) in [5, 5.41) is 0. The van der Waals surface area contributed by atoms with Crippen LogP contribution in [0, 0.1) is 0 Å². The maximum Gasteiger partial charge on any atom is 0.131 e. The van der Waals surface area contributed by atoms with Crippen molar-refractivity contribution in [3.05, 3.63) is 24.2 Å². The Morgan fingerprint density at radius 3 is 2.70 bits per heavy atom. The minimum absolute atomic E-state index is 1.07. The van der Waals surface area contributed by atoms with Crippen LogP contribution in [0.2, 0.25) is 13.1 Å². The van der Waals surface area contributed by atoms with Crippen LogP contribution in [0.4, 0.5) is 0 Å². The molecule has 0 amide bonds. The van der Waals surface area contributed by atoms with Crippen LogP contribution in [-0.2, 0) is 6.04 Å². The number of hydrogen-bond donors (Lipinski definition) is 0. The Bertz CT molecular complexity index is 188. The van der Waals surface area contributed by atoms with Crippen LogP contribution in [0.5, 0.6) is 0 Å². The molecule has 3 heteroatoms. The SMILES string of the molecule is C[Si](C)(Br)Cc1ccco1. The zero-order valence-corrected chi connectivity index (χ0v) is 8.81. The molecule has 1 rings (SSSR count). The predicted octanol–water partition coefficient (Wildman–Crippen LogP) is 2.96. The summed E-state index contributed by atoms with van der Waals surface area (Å²) in [7, 11) is 0. The second kappa shape index (κ2) is 2.92. The molecule has 1 aromatic heterocycles. The van der Waals surface area contributed by atoms with Gasteiger partial charge >= 0.3 is 0 Å². The molecule has 0 aliphatic carbocycles. The van der Waals surface area contributed by atoms with E-state index < -0.39 is 6.69 Å². The topological polar surface area (TPSA) is 13.1 Å². The molecule has 56 valence electrons. The number of furan rings is 1. The second-order valence-electron chi connectivity index (χ2n) is 2.97. The van der Waals surface area contributed by atoms with Gasteiger partial charge in [0.25, 0.3) is 0 Å². The van der Waals surface area contributed by atoms with Crippen molar-refractivity contribution >= 4 is 22.0 Å². The summed E-state index contributed by atoms with van der Waals surface area (Å²) in [5.74, 6) is 1.09. The number of halogens is 1. The van der Waals surface area contributed by atoms with E-state index in [2.05, 4.69) is 28.4 Å². The van der Waals surface area contributed by atoms with Gasteiger partial charge < -0.3 is 4.42 Å². The van der Waals surface area contributed by atoms with Crippen LogP contribution in [-0.4, -0.2) is 6.69 Å². The van der Waals surface area contributed by atoms with Gasteiger partial charge in [-0.2, -0.15) is 0 Å². The van der Waals surface area contributed by atoms with Gasteiger partial charge in [-0.15, -0.1) is 15.3 Å². The van der Waals surface area contributed by atoms with Gasteiger partial charge in [0.1, 0.15) is 12.5 Å². The molecule has 0 fully saturated rings. The van der Waals surface area contributed by atoms with Crippen LogP contribution in [0.3, 0.4) is 0 Å². The lowest BCUT2D eigenvalue weighted by molar-refractivity contribution is 0.527. The van der Waals surface area contributed by atoms with E-state index in [4.69, 9.17) is 4.42 Å². The van der Waals surface area contributed by atoms with Crippen molar-refractivity contribution in [1.82, 2.24) is 0 Å². The van der Waals surface area contributed by atoms with Gasteiger partial charge in [-0.25, -0.2) is 0 Å². The largest absolute Gasteiger partial charge is 0.470 e. The Morgan fingerprint density at radius 1 is 1.60 bits per heavy atom. The minimum atomic E-state index is -1.14. The van der Waals surface area contributed by atoms with Crippen molar-refractivity contribution in [3.63, 3.8) is 0 Å². The molecular formula is C7H11BrOSi. The molecule has 0 atom stereocenters. The fourth-order valence-electron chi connectivity index (χ4n) is 0.827. The Labute approximate surface area is 70.0 Å². The van der Waals surface area contributed by atoms with Crippen molar-refractivity contribution < 1.29 is 4.42 Å². The van der Waals surface area contributed by atoms with E-state index in [1.165, 1.54) is 0 Å². The summed E-state index contributed by atoms with van der Waals surface area (Å²) in [4.78, 5) is 0. The summed E-state index contributed by atoms with van der Waals surface area (Å²) in [6.45, 7) is 3.38. The van der Waals surface area contributed by atoms with E-state index in [0.29, 0.717) is 0 Å². The molecule has 0 unspecified atom stereocenters. The quantitative estimate of drug-likeness (QED) is 0.550. The molecule has 0 N–H and O–H groups in total. The Kier molecular flexibility index (Phi) is 2.36. The molecule has 0 spiro atoms. The first-order valence-electron chi connectivity index (χ1n) is 3.29. The monoisotopic (exact) mass is 218 g/mol. The van der Waals surface area contributed by atoms with E-state index in [1.54, 1.807) is 6.26 Å². The summed E-state index contributed by atoms with van der Waals surface area (Å²) >= 11 is 3.68. The van der Waals surface area contributed by atoms with Gasteiger partial charge in [-0.1, -0.05) is 13.1 Å². The van der Waals surface area contributed by atoms with E-state index in [-0.39, 0.29) is 0 Å². The first-order chi connectivity index (χ1) is 4.58. The first kappa shape index (κ1) is 8.08. The fraction of sp³-hybridized carbons (Fsp3) is 0.429. The molecule has 0 saturated heterocycles. The molecule has 0 saturated carbocycles. The molecule has 0 bridgehead atoms. The molecule has 1 nitrogen and oxygen atoms in total. The third-order valence-electron chi connectivity index (χ3n) is 1.17. The van der Waals surface area contributed by atoms with Crippen LogP contribution in [0.25, 0.3) is 0 Å². The number of rotatable bonds is 2. The van der Waals surface area contributed by atoms with Crippen molar-refractivity contribution in [1.29, 1.82) is 0 Å². The summed E-state index contributed by atoms with van der Waals surface area (Å²) < 4.78 is 5.21. The fourth-order valence-corrected chi connectivity index (χ4v) is 2.69. The summed E-state index contributed by atoms with van der Waals surface area (Å²) in [6, 6.07) is 5.03. The van der Waals surface area contributed by atoms with Gasteiger partial charge in [0.05, 0.1) is 6.26 Å². The van der Waals surface area contributed by atoms with Crippen LogP contribution in [0.1, 0.15) is 5.76 Å². The van der Waals surface area contributed by atoms with Crippen molar-refractivity contribution in [2.24, 2.45) is 0 Å². The van der Waals surface area contributed by atoms with Gasteiger partial charge in [-0.05, 0) is 12.1 Å². The second-order valence-corrected chi connectivity index (χ2v) is 13.2. The predicted molar refractivity (Wildman–Crippen MR) is 48.8 cm³/mol. The molecule has 0 aromatic carbocycles. The Morgan fingerprint density at radius 2 is 2.30 bits per heavy atom.